The number of ether oxygens (including phenoxy) is 2. The highest BCUT2D eigenvalue weighted by molar-refractivity contribution is 4.82. The van der Waals surface area contributed by atoms with Crippen molar-refractivity contribution in [1.82, 2.24) is 5.32 Å². The third-order valence-corrected chi connectivity index (χ3v) is 2.40. The molecule has 1 atom stereocenters. The van der Waals surface area contributed by atoms with Gasteiger partial charge in [0.1, 0.15) is 0 Å². The highest BCUT2D eigenvalue weighted by Gasteiger charge is 2.32. The number of nitrogens with one attached hydrogen (secondary N) is 1. The molecule has 78 valence electrons. The summed E-state index contributed by atoms with van der Waals surface area (Å²) in [5, 5.41) is 3.45. The summed E-state index contributed by atoms with van der Waals surface area (Å²) in [6, 6.07) is 0. The maximum atomic E-state index is 5.18. The molecular weight excluding hydrogens is 166 g/mol. The van der Waals surface area contributed by atoms with E-state index in [2.05, 4.69) is 19.2 Å². The molecule has 0 radical (unpaired) electrons. The van der Waals surface area contributed by atoms with Crippen LogP contribution in [-0.2, 0) is 9.47 Å². The van der Waals surface area contributed by atoms with Gasteiger partial charge in [0.15, 0.2) is 0 Å². The molecule has 1 unspecified atom stereocenters. The zero-order chi connectivity index (χ0) is 9.73. The van der Waals surface area contributed by atoms with Crippen molar-refractivity contribution in [3.63, 3.8) is 0 Å². The molecule has 0 aromatic carbocycles. The van der Waals surface area contributed by atoms with Gasteiger partial charge in [0, 0.05) is 25.7 Å². The first-order valence-corrected chi connectivity index (χ1v) is 4.94. The average Bonchev–Trinajstić information content (AvgIpc) is 2.02. The minimum Gasteiger partial charge on any atom is -0.384 e. The lowest BCUT2D eigenvalue weighted by Crippen LogP contribution is -2.48. The molecule has 3 nitrogen and oxygen atoms in total. The molecule has 0 aromatic heterocycles. The Labute approximate surface area is 80.8 Å². The molecule has 1 fully saturated rings. The smallest absolute Gasteiger partial charge is 0.0554 e. The van der Waals surface area contributed by atoms with Gasteiger partial charge >= 0.3 is 0 Å². The van der Waals surface area contributed by atoms with Gasteiger partial charge in [-0.15, -0.1) is 0 Å². The van der Waals surface area contributed by atoms with Gasteiger partial charge in [-0.3, -0.25) is 0 Å². The Morgan fingerprint density at radius 1 is 1.54 bits per heavy atom. The zero-order valence-corrected chi connectivity index (χ0v) is 8.93. The second kappa shape index (κ2) is 4.94. The normalized spacial score (nSPS) is 22.4. The molecule has 0 amide bonds. The van der Waals surface area contributed by atoms with E-state index in [9.17, 15) is 0 Å². The van der Waals surface area contributed by atoms with Gasteiger partial charge in [0.2, 0.25) is 0 Å². The number of hydrogen-bond acceptors (Lipinski definition) is 3. The molecule has 0 aliphatic carbocycles. The van der Waals surface area contributed by atoms with Crippen molar-refractivity contribution in [3.8, 4) is 0 Å². The fourth-order valence-electron chi connectivity index (χ4n) is 1.52. The molecule has 1 rings (SSSR count). The van der Waals surface area contributed by atoms with E-state index in [0.717, 1.165) is 32.9 Å². The molecule has 13 heavy (non-hydrogen) atoms. The first-order chi connectivity index (χ1) is 6.16. The summed E-state index contributed by atoms with van der Waals surface area (Å²) in [4.78, 5) is 0. The van der Waals surface area contributed by atoms with E-state index in [4.69, 9.17) is 9.47 Å². The summed E-state index contributed by atoms with van der Waals surface area (Å²) >= 11 is 0. The molecule has 1 saturated heterocycles. The predicted octanol–water partition coefficient (Wildman–Crippen LogP) is 0.895. The summed E-state index contributed by atoms with van der Waals surface area (Å²) in [6.07, 6.45) is 0. The Bertz CT molecular complexity index is 146. The van der Waals surface area contributed by atoms with Gasteiger partial charge in [-0.1, -0.05) is 13.8 Å². The largest absolute Gasteiger partial charge is 0.384 e. The minimum atomic E-state index is 0.382. The van der Waals surface area contributed by atoms with Crippen molar-refractivity contribution in [2.75, 3.05) is 40.0 Å². The summed E-state index contributed by atoms with van der Waals surface area (Å²) < 4.78 is 10.2. The van der Waals surface area contributed by atoms with E-state index in [1.54, 1.807) is 7.11 Å². The SMILES string of the molecule is COCC(C)CNCC1(C)COC1. The van der Waals surface area contributed by atoms with Crippen molar-refractivity contribution in [3.05, 3.63) is 0 Å². The minimum absolute atomic E-state index is 0.382. The third kappa shape index (κ3) is 3.63. The molecule has 1 aliphatic rings. The number of rotatable bonds is 6. The second-order valence-corrected chi connectivity index (χ2v) is 4.49. The summed E-state index contributed by atoms with van der Waals surface area (Å²) in [5.41, 5.74) is 0.382. The van der Waals surface area contributed by atoms with Crippen LogP contribution in [0.25, 0.3) is 0 Å². The lowest BCUT2D eigenvalue weighted by molar-refractivity contribution is -0.0993. The van der Waals surface area contributed by atoms with Crippen LogP contribution in [0, 0.1) is 11.3 Å². The van der Waals surface area contributed by atoms with E-state index in [0.29, 0.717) is 11.3 Å². The van der Waals surface area contributed by atoms with Gasteiger partial charge < -0.3 is 14.8 Å². The Hall–Kier alpha value is -0.120. The van der Waals surface area contributed by atoms with E-state index in [1.807, 2.05) is 0 Å². The Balaban J connectivity index is 1.99. The van der Waals surface area contributed by atoms with E-state index in [-0.39, 0.29) is 0 Å². The van der Waals surface area contributed by atoms with E-state index in [1.165, 1.54) is 0 Å². The molecule has 0 bridgehead atoms. The van der Waals surface area contributed by atoms with Crippen molar-refractivity contribution in [2.45, 2.75) is 13.8 Å². The maximum Gasteiger partial charge on any atom is 0.0554 e. The topological polar surface area (TPSA) is 30.5 Å². The molecule has 1 aliphatic heterocycles. The quantitative estimate of drug-likeness (QED) is 0.670. The fraction of sp³-hybridized carbons (Fsp3) is 1.00. The summed E-state index contributed by atoms with van der Waals surface area (Å²) in [6.45, 7) is 9.17. The first-order valence-electron chi connectivity index (χ1n) is 4.94. The Morgan fingerprint density at radius 2 is 2.23 bits per heavy atom. The van der Waals surface area contributed by atoms with Crippen LogP contribution in [0.5, 0.6) is 0 Å². The third-order valence-electron chi connectivity index (χ3n) is 2.40. The van der Waals surface area contributed by atoms with E-state index >= 15 is 0 Å². The standard InChI is InChI=1S/C10H21NO2/c1-9(5-12-3)4-11-6-10(2)7-13-8-10/h9,11H,4-8H2,1-3H3. The fourth-order valence-corrected chi connectivity index (χ4v) is 1.52. The molecule has 0 aromatic rings. The van der Waals surface area contributed by atoms with Crippen molar-refractivity contribution < 1.29 is 9.47 Å². The maximum absolute atomic E-state index is 5.18. The Kier molecular flexibility index (Phi) is 4.16. The number of methoxy groups -OCH3 is 1. The molecule has 1 heterocycles. The predicted molar refractivity (Wildman–Crippen MR) is 52.8 cm³/mol. The van der Waals surface area contributed by atoms with Gasteiger partial charge in [-0.05, 0) is 12.5 Å². The highest BCUT2D eigenvalue weighted by atomic mass is 16.5. The van der Waals surface area contributed by atoms with Crippen LogP contribution in [0.15, 0.2) is 0 Å². The monoisotopic (exact) mass is 187 g/mol. The van der Waals surface area contributed by atoms with Crippen molar-refractivity contribution in [1.29, 1.82) is 0 Å². The zero-order valence-electron chi connectivity index (χ0n) is 8.93. The number of hydrogen-bond donors (Lipinski definition) is 1. The lowest BCUT2D eigenvalue weighted by atomic mass is 9.88. The lowest BCUT2D eigenvalue weighted by Gasteiger charge is -2.38. The van der Waals surface area contributed by atoms with Crippen LogP contribution in [0.2, 0.25) is 0 Å². The second-order valence-electron chi connectivity index (χ2n) is 4.49. The van der Waals surface area contributed by atoms with Gasteiger partial charge in [-0.25, -0.2) is 0 Å². The van der Waals surface area contributed by atoms with Crippen molar-refractivity contribution in [2.24, 2.45) is 11.3 Å². The summed E-state index contributed by atoms with van der Waals surface area (Å²) in [7, 11) is 1.75. The molecule has 0 spiro atoms. The Morgan fingerprint density at radius 3 is 2.69 bits per heavy atom. The summed E-state index contributed by atoms with van der Waals surface area (Å²) in [5.74, 6) is 0.592. The molecule has 3 heteroatoms. The highest BCUT2D eigenvalue weighted by Crippen LogP contribution is 2.24. The van der Waals surface area contributed by atoms with Crippen LogP contribution in [0.4, 0.5) is 0 Å². The van der Waals surface area contributed by atoms with Crippen molar-refractivity contribution >= 4 is 0 Å². The van der Waals surface area contributed by atoms with Gasteiger partial charge in [0.05, 0.1) is 13.2 Å². The molecule has 1 N–H and O–H groups in total. The van der Waals surface area contributed by atoms with E-state index < -0.39 is 0 Å². The van der Waals surface area contributed by atoms with Crippen LogP contribution in [-0.4, -0.2) is 40.0 Å². The van der Waals surface area contributed by atoms with Gasteiger partial charge in [0.25, 0.3) is 0 Å². The van der Waals surface area contributed by atoms with Crippen LogP contribution >= 0.6 is 0 Å². The average molecular weight is 187 g/mol. The van der Waals surface area contributed by atoms with Crippen LogP contribution < -0.4 is 5.32 Å². The molecule has 0 saturated carbocycles. The molecular formula is C10H21NO2. The van der Waals surface area contributed by atoms with Crippen LogP contribution in [0.1, 0.15) is 13.8 Å². The van der Waals surface area contributed by atoms with Gasteiger partial charge in [-0.2, -0.15) is 0 Å². The van der Waals surface area contributed by atoms with Crippen LogP contribution in [0.3, 0.4) is 0 Å². The first kappa shape index (κ1) is 11.0.